The summed E-state index contributed by atoms with van der Waals surface area (Å²) in [7, 11) is 0. The molecular formula is C27H40O3. The number of fused-ring (bicyclic) bond motifs is 5. The highest BCUT2D eigenvalue weighted by atomic mass is 16.4. The number of aliphatic carboxylic acids is 1. The van der Waals surface area contributed by atoms with Gasteiger partial charge in [0.25, 0.3) is 0 Å². The third-order valence-electron chi connectivity index (χ3n) is 9.94. The first-order chi connectivity index (χ1) is 14.2. The van der Waals surface area contributed by atoms with E-state index in [1.54, 1.807) is 5.57 Å². The number of hydrogen-bond acceptors (Lipinski definition) is 2. The minimum absolute atomic E-state index is 0.163. The minimum Gasteiger partial charge on any atom is -0.481 e. The van der Waals surface area contributed by atoms with Crippen molar-refractivity contribution in [3.05, 3.63) is 23.8 Å². The molecule has 4 aliphatic rings. The summed E-state index contributed by atoms with van der Waals surface area (Å²) in [6, 6.07) is 0. The van der Waals surface area contributed by atoms with Crippen LogP contribution in [0.15, 0.2) is 23.8 Å². The third-order valence-corrected chi connectivity index (χ3v) is 9.94. The van der Waals surface area contributed by atoms with E-state index in [0.29, 0.717) is 34.9 Å². The number of rotatable bonds is 6. The van der Waals surface area contributed by atoms with Crippen molar-refractivity contribution in [2.75, 3.05) is 0 Å². The van der Waals surface area contributed by atoms with E-state index in [1.807, 2.05) is 13.0 Å². The Morgan fingerprint density at radius 2 is 1.93 bits per heavy atom. The fraction of sp³-hybridized carbons (Fsp3) is 0.778. The van der Waals surface area contributed by atoms with Crippen LogP contribution in [0.1, 0.15) is 85.5 Å². The van der Waals surface area contributed by atoms with Crippen LogP contribution >= 0.6 is 0 Å². The molecule has 0 radical (unpaired) electrons. The second-order valence-corrected chi connectivity index (χ2v) is 11.5. The molecule has 8 atom stereocenters. The summed E-state index contributed by atoms with van der Waals surface area (Å²) in [5.74, 6) is 2.63. The molecule has 0 aliphatic heterocycles. The predicted molar refractivity (Wildman–Crippen MR) is 120 cm³/mol. The number of carboxylic acid groups (broad SMARTS) is 1. The molecule has 1 N–H and O–H groups in total. The molecule has 4 rings (SSSR count). The number of allylic oxidation sites excluding steroid dienone is 4. The average Bonchev–Trinajstić information content (AvgIpc) is 3.05. The predicted octanol–water partition coefficient (Wildman–Crippen LogP) is 6.44. The SMILES string of the molecule is C[C@H](CCC[C@H](C)C(=O)O)[C@H]1CC[C@H]2C3=CC[C@H]4CC(=O)C=C[C@]4(C)[C@H]3CC[C@]12C. The van der Waals surface area contributed by atoms with E-state index in [0.717, 1.165) is 38.0 Å². The van der Waals surface area contributed by atoms with Gasteiger partial charge in [0, 0.05) is 6.42 Å². The van der Waals surface area contributed by atoms with Gasteiger partial charge < -0.3 is 5.11 Å². The van der Waals surface area contributed by atoms with Crippen LogP contribution in [0.5, 0.6) is 0 Å². The highest BCUT2D eigenvalue weighted by Crippen LogP contribution is 2.66. The van der Waals surface area contributed by atoms with Gasteiger partial charge >= 0.3 is 5.97 Å². The van der Waals surface area contributed by atoms with Gasteiger partial charge in [-0.25, -0.2) is 0 Å². The summed E-state index contributed by atoms with van der Waals surface area (Å²) >= 11 is 0. The van der Waals surface area contributed by atoms with Crippen molar-refractivity contribution >= 4 is 11.8 Å². The van der Waals surface area contributed by atoms with Crippen molar-refractivity contribution in [1.29, 1.82) is 0 Å². The van der Waals surface area contributed by atoms with E-state index in [1.165, 1.54) is 25.7 Å². The van der Waals surface area contributed by atoms with Gasteiger partial charge in [-0.2, -0.15) is 0 Å². The molecule has 0 unspecified atom stereocenters. The van der Waals surface area contributed by atoms with E-state index in [-0.39, 0.29) is 11.3 Å². The van der Waals surface area contributed by atoms with Crippen molar-refractivity contribution in [3.63, 3.8) is 0 Å². The molecule has 4 aliphatic carbocycles. The topological polar surface area (TPSA) is 54.4 Å². The molecule has 0 spiro atoms. The third kappa shape index (κ3) is 3.50. The second-order valence-electron chi connectivity index (χ2n) is 11.5. The zero-order valence-corrected chi connectivity index (χ0v) is 19.3. The lowest BCUT2D eigenvalue weighted by Gasteiger charge is -2.55. The van der Waals surface area contributed by atoms with Crippen LogP contribution in [-0.2, 0) is 9.59 Å². The Balaban J connectivity index is 1.47. The average molecular weight is 413 g/mol. The normalized spacial score (nSPS) is 42.0. The number of carboxylic acids is 1. The van der Waals surface area contributed by atoms with Gasteiger partial charge in [-0.3, -0.25) is 9.59 Å². The van der Waals surface area contributed by atoms with Crippen molar-refractivity contribution in [2.45, 2.75) is 85.5 Å². The quantitative estimate of drug-likeness (QED) is 0.511. The molecule has 2 saturated carbocycles. The molecule has 2 fully saturated rings. The van der Waals surface area contributed by atoms with Crippen molar-refractivity contribution in [1.82, 2.24) is 0 Å². The van der Waals surface area contributed by atoms with Crippen LogP contribution in [0.2, 0.25) is 0 Å². The fourth-order valence-electron chi connectivity index (χ4n) is 7.95. The van der Waals surface area contributed by atoms with Crippen molar-refractivity contribution in [2.24, 2.45) is 46.3 Å². The molecule has 30 heavy (non-hydrogen) atoms. The van der Waals surface area contributed by atoms with Crippen LogP contribution in [0, 0.1) is 46.3 Å². The molecule has 0 aromatic heterocycles. The molecule has 3 nitrogen and oxygen atoms in total. The molecular weight excluding hydrogens is 372 g/mol. The highest BCUT2D eigenvalue weighted by molar-refractivity contribution is 5.91. The zero-order chi connectivity index (χ0) is 21.7. The molecule has 166 valence electrons. The molecule has 0 amide bonds. The smallest absolute Gasteiger partial charge is 0.306 e. The largest absolute Gasteiger partial charge is 0.481 e. The Kier molecular flexibility index (Phi) is 5.79. The Bertz CT molecular complexity index is 764. The maximum absolute atomic E-state index is 12.0. The van der Waals surface area contributed by atoms with E-state index in [2.05, 4.69) is 32.9 Å². The standard InChI is InChI=1S/C27H40O3/c1-17(6-5-7-18(2)25(29)30)22-10-11-23-21-9-8-19-16-20(28)12-14-26(19,3)24(21)13-15-27(22,23)4/h9,12,14,17-19,22-24H,5-8,10-11,13,15-16H2,1-4H3,(H,29,30)/t17-,18+,19+,22-,23+,24+,26+,27-/m1/s1. The van der Waals surface area contributed by atoms with Gasteiger partial charge in [0.05, 0.1) is 5.92 Å². The summed E-state index contributed by atoms with van der Waals surface area (Å²) in [5, 5.41) is 9.15. The van der Waals surface area contributed by atoms with E-state index in [9.17, 15) is 9.59 Å². The van der Waals surface area contributed by atoms with Crippen LogP contribution in [0.25, 0.3) is 0 Å². The second kappa shape index (κ2) is 7.95. The Morgan fingerprint density at radius 3 is 2.67 bits per heavy atom. The first-order valence-electron chi connectivity index (χ1n) is 12.3. The summed E-state index contributed by atoms with van der Waals surface area (Å²) < 4.78 is 0. The zero-order valence-electron chi connectivity index (χ0n) is 19.3. The Morgan fingerprint density at radius 1 is 1.17 bits per heavy atom. The molecule has 0 aromatic carbocycles. The van der Waals surface area contributed by atoms with Gasteiger partial charge in [0.1, 0.15) is 0 Å². The lowest BCUT2D eigenvalue weighted by atomic mass is 9.49. The molecule has 0 bridgehead atoms. The Hall–Kier alpha value is -1.38. The lowest BCUT2D eigenvalue weighted by Crippen LogP contribution is -2.48. The number of carbonyl (C=O) groups excluding carboxylic acids is 1. The van der Waals surface area contributed by atoms with Crippen LogP contribution in [0.3, 0.4) is 0 Å². The van der Waals surface area contributed by atoms with Crippen molar-refractivity contribution in [3.8, 4) is 0 Å². The van der Waals surface area contributed by atoms with Gasteiger partial charge in [-0.05, 0) is 85.0 Å². The number of hydrogen-bond donors (Lipinski definition) is 1. The van der Waals surface area contributed by atoms with Crippen LogP contribution in [0.4, 0.5) is 0 Å². The summed E-state index contributed by atoms with van der Waals surface area (Å²) in [6.45, 7) is 9.22. The first kappa shape index (κ1) is 21.8. The molecule has 0 aromatic rings. The van der Waals surface area contributed by atoms with E-state index in [4.69, 9.17) is 5.11 Å². The van der Waals surface area contributed by atoms with Crippen molar-refractivity contribution < 1.29 is 14.7 Å². The monoisotopic (exact) mass is 412 g/mol. The first-order valence-corrected chi connectivity index (χ1v) is 12.3. The van der Waals surface area contributed by atoms with Gasteiger partial charge in [0.15, 0.2) is 5.78 Å². The van der Waals surface area contributed by atoms with Crippen LogP contribution in [-0.4, -0.2) is 16.9 Å². The van der Waals surface area contributed by atoms with Gasteiger partial charge in [-0.1, -0.05) is 58.3 Å². The summed E-state index contributed by atoms with van der Waals surface area (Å²) in [5.41, 5.74) is 2.27. The minimum atomic E-state index is -0.664. The Labute approximate surface area is 182 Å². The van der Waals surface area contributed by atoms with Gasteiger partial charge in [0.2, 0.25) is 0 Å². The molecule has 0 saturated heterocycles. The van der Waals surface area contributed by atoms with E-state index >= 15 is 0 Å². The fourth-order valence-corrected chi connectivity index (χ4v) is 7.95. The maximum Gasteiger partial charge on any atom is 0.306 e. The number of ketones is 1. The lowest BCUT2D eigenvalue weighted by molar-refractivity contribution is -0.141. The van der Waals surface area contributed by atoms with E-state index < -0.39 is 5.97 Å². The summed E-state index contributed by atoms with van der Waals surface area (Å²) in [6.07, 6.45) is 16.6. The maximum atomic E-state index is 12.0. The molecule has 0 heterocycles. The summed E-state index contributed by atoms with van der Waals surface area (Å²) in [4.78, 5) is 23.1. The van der Waals surface area contributed by atoms with Crippen LogP contribution < -0.4 is 0 Å². The molecule has 3 heteroatoms. The number of carbonyl (C=O) groups is 2. The highest BCUT2D eigenvalue weighted by Gasteiger charge is 2.57. The van der Waals surface area contributed by atoms with Gasteiger partial charge in [-0.15, -0.1) is 0 Å².